The van der Waals surface area contributed by atoms with Crippen LogP contribution in [-0.4, -0.2) is 44.4 Å². The van der Waals surface area contributed by atoms with E-state index in [1.165, 1.54) is 0 Å². The van der Waals surface area contributed by atoms with Crippen molar-refractivity contribution in [3.8, 4) is 0 Å². The van der Waals surface area contributed by atoms with Gasteiger partial charge >= 0.3 is 0 Å². The van der Waals surface area contributed by atoms with Crippen LogP contribution in [0.1, 0.15) is 59.8 Å². The Kier molecular flexibility index (Phi) is 8.16. The van der Waals surface area contributed by atoms with Crippen molar-refractivity contribution in [2.45, 2.75) is 71.9 Å². The predicted octanol–water partition coefficient (Wildman–Crippen LogP) is 2.11. The summed E-state index contributed by atoms with van der Waals surface area (Å²) < 4.78 is 29.8. The van der Waals surface area contributed by atoms with Crippen LogP contribution < -0.4 is 10.0 Å². The quantitative estimate of drug-likeness (QED) is 0.684. The maximum atomic E-state index is 12.6. The number of hydrogen-bond donors (Lipinski definition) is 2. The van der Waals surface area contributed by atoms with Crippen LogP contribution in [-0.2, 0) is 10.2 Å². The van der Waals surface area contributed by atoms with Gasteiger partial charge in [-0.15, -0.1) is 0 Å². The highest BCUT2D eigenvalue weighted by Crippen LogP contribution is 2.20. The Labute approximate surface area is 131 Å². The highest BCUT2D eigenvalue weighted by Gasteiger charge is 2.32. The molecule has 126 valence electrons. The minimum atomic E-state index is -3.37. The first-order chi connectivity index (χ1) is 9.90. The molecule has 21 heavy (non-hydrogen) atoms. The molecule has 0 bridgehead atoms. The van der Waals surface area contributed by atoms with E-state index in [9.17, 15) is 8.42 Å². The molecule has 0 saturated carbocycles. The van der Waals surface area contributed by atoms with Gasteiger partial charge in [-0.1, -0.05) is 33.6 Å². The largest absolute Gasteiger partial charge is 0.315 e. The van der Waals surface area contributed by atoms with Crippen molar-refractivity contribution in [3.05, 3.63) is 0 Å². The second-order valence-corrected chi connectivity index (χ2v) is 8.00. The lowest BCUT2D eigenvalue weighted by molar-refractivity contribution is 0.242. The molecule has 1 aliphatic rings. The summed E-state index contributed by atoms with van der Waals surface area (Å²) in [5.74, 6) is 0.543. The van der Waals surface area contributed by atoms with E-state index in [2.05, 4.69) is 23.9 Å². The molecule has 6 heteroatoms. The molecule has 0 spiro atoms. The van der Waals surface area contributed by atoms with Gasteiger partial charge in [0, 0.05) is 25.2 Å². The Morgan fingerprint density at radius 3 is 2.57 bits per heavy atom. The van der Waals surface area contributed by atoms with Gasteiger partial charge in [0.25, 0.3) is 10.2 Å². The second-order valence-electron chi connectivity index (χ2n) is 6.34. The summed E-state index contributed by atoms with van der Waals surface area (Å²) in [4.78, 5) is 0. The Morgan fingerprint density at radius 1 is 1.24 bits per heavy atom. The Hall–Kier alpha value is -0.170. The molecule has 0 aromatic rings. The van der Waals surface area contributed by atoms with Crippen molar-refractivity contribution in [2.24, 2.45) is 5.92 Å². The van der Waals surface area contributed by atoms with Gasteiger partial charge in [0.15, 0.2) is 0 Å². The third kappa shape index (κ3) is 6.22. The average molecular weight is 320 g/mol. The number of piperidine rings is 1. The minimum absolute atomic E-state index is 0.00772. The Morgan fingerprint density at radius 2 is 1.95 bits per heavy atom. The lowest BCUT2D eigenvalue weighted by atomic mass is 10.0. The van der Waals surface area contributed by atoms with Gasteiger partial charge in [-0.25, -0.2) is 0 Å². The third-order valence-corrected chi connectivity index (χ3v) is 6.11. The Bertz CT molecular complexity index is 386. The smallest absolute Gasteiger partial charge is 0.279 e. The van der Waals surface area contributed by atoms with Gasteiger partial charge in [0.2, 0.25) is 0 Å². The van der Waals surface area contributed by atoms with Crippen molar-refractivity contribution < 1.29 is 8.42 Å². The van der Waals surface area contributed by atoms with Crippen LogP contribution in [0, 0.1) is 5.92 Å². The van der Waals surface area contributed by atoms with E-state index < -0.39 is 10.2 Å². The molecule has 1 aliphatic heterocycles. The van der Waals surface area contributed by atoms with E-state index in [0.717, 1.165) is 45.2 Å². The minimum Gasteiger partial charge on any atom is -0.315 e. The standard InChI is InChI=1S/C15H33N3O2S/c1-5-13(3)11-14(4)17-21(19,20)18-10-8-7-9-15(18)12-16-6-2/h13-17H,5-12H2,1-4H3. The predicted molar refractivity (Wildman–Crippen MR) is 88.5 cm³/mol. The van der Waals surface area contributed by atoms with Crippen LogP contribution in [0.25, 0.3) is 0 Å². The number of nitrogens with one attached hydrogen (secondary N) is 2. The van der Waals surface area contributed by atoms with Crippen LogP contribution in [0.3, 0.4) is 0 Å². The van der Waals surface area contributed by atoms with Crippen molar-refractivity contribution in [3.63, 3.8) is 0 Å². The molecule has 0 aromatic heterocycles. The maximum absolute atomic E-state index is 12.6. The van der Waals surface area contributed by atoms with Gasteiger partial charge in [0.1, 0.15) is 0 Å². The monoisotopic (exact) mass is 319 g/mol. The fourth-order valence-corrected chi connectivity index (χ4v) is 4.63. The molecule has 3 unspecified atom stereocenters. The zero-order valence-corrected chi connectivity index (χ0v) is 14.9. The first-order valence-electron chi connectivity index (χ1n) is 8.40. The molecule has 0 radical (unpaired) electrons. The van der Waals surface area contributed by atoms with E-state index in [1.54, 1.807) is 4.31 Å². The fourth-order valence-electron chi connectivity index (χ4n) is 2.95. The fraction of sp³-hybridized carbons (Fsp3) is 1.00. The lowest BCUT2D eigenvalue weighted by Gasteiger charge is -2.35. The second kappa shape index (κ2) is 9.08. The number of hydrogen-bond acceptors (Lipinski definition) is 3. The summed E-state index contributed by atoms with van der Waals surface area (Å²) in [5.41, 5.74) is 0. The third-order valence-electron chi connectivity index (χ3n) is 4.31. The van der Waals surface area contributed by atoms with Crippen LogP contribution in [0.4, 0.5) is 0 Å². The van der Waals surface area contributed by atoms with Gasteiger partial charge in [-0.3, -0.25) is 0 Å². The molecular formula is C15H33N3O2S. The number of likely N-dealkylation sites (N-methyl/N-ethyl adjacent to an activating group) is 1. The first kappa shape index (κ1) is 18.9. The lowest BCUT2D eigenvalue weighted by Crippen LogP contribution is -2.54. The van der Waals surface area contributed by atoms with Crippen molar-refractivity contribution in [2.75, 3.05) is 19.6 Å². The topological polar surface area (TPSA) is 61.4 Å². The van der Waals surface area contributed by atoms with E-state index in [1.807, 2.05) is 13.8 Å². The van der Waals surface area contributed by atoms with Crippen molar-refractivity contribution in [1.82, 2.24) is 14.3 Å². The van der Waals surface area contributed by atoms with E-state index in [-0.39, 0.29) is 12.1 Å². The zero-order valence-electron chi connectivity index (χ0n) is 14.1. The molecule has 1 rings (SSSR count). The van der Waals surface area contributed by atoms with Crippen molar-refractivity contribution >= 4 is 10.2 Å². The van der Waals surface area contributed by atoms with Gasteiger partial charge in [-0.2, -0.15) is 17.4 Å². The SMILES string of the molecule is CCNCC1CCCCN1S(=O)(=O)NC(C)CC(C)CC. The summed E-state index contributed by atoms with van der Waals surface area (Å²) in [6, 6.07) is 0.0821. The van der Waals surface area contributed by atoms with E-state index >= 15 is 0 Å². The first-order valence-corrected chi connectivity index (χ1v) is 9.84. The maximum Gasteiger partial charge on any atom is 0.279 e. The molecule has 2 N–H and O–H groups in total. The zero-order chi connectivity index (χ0) is 15.9. The molecule has 1 heterocycles. The van der Waals surface area contributed by atoms with E-state index in [0.29, 0.717) is 12.5 Å². The van der Waals surface area contributed by atoms with Crippen LogP contribution in [0.15, 0.2) is 0 Å². The van der Waals surface area contributed by atoms with Gasteiger partial charge in [-0.05, 0) is 38.6 Å². The molecule has 0 amide bonds. The van der Waals surface area contributed by atoms with Gasteiger partial charge in [0.05, 0.1) is 0 Å². The highest BCUT2D eigenvalue weighted by atomic mass is 32.2. The molecular weight excluding hydrogens is 286 g/mol. The molecule has 0 aliphatic carbocycles. The van der Waals surface area contributed by atoms with Gasteiger partial charge < -0.3 is 5.32 Å². The Balaban J connectivity index is 2.65. The molecule has 3 atom stereocenters. The average Bonchev–Trinajstić information content (AvgIpc) is 2.44. The van der Waals surface area contributed by atoms with Crippen molar-refractivity contribution in [1.29, 1.82) is 0 Å². The summed E-state index contributed by atoms with van der Waals surface area (Å²) in [6.07, 6.45) is 5.00. The summed E-state index contributed by atoms with van der Waals surface area (Å²) in [7, 11) is -3.37. The summed E-state index contributed by atoms with van der Waals surface area (Å²) in [6.45, 7) is 10.6. The summed E-state index contributed by atoms with van der Waals surface area (Å²) in [5, 5.41) is 3.28. The molecule has 1 saturated heterocycles. The normalized spacial score (nSPS) is 23.9. The molecule has 1 fully saturated rings. The highest BCUT2D eigenvalue weighted by molar-refractivity contribution is 7.87. The van der Waals surface area contributed by atoms with E-state index in [4.69, 9.17) is 0 Å². The molecule has 0 aromatic carbocycles. The summed E-state index contributed by atoms with van der Waals surface area (Å²) >= 11 is 0. The van der Waals surface area contributed by atoms with Crippen LogP contribution in [0.5, 0.6) is 0 Å². The number of rotatable bonds is 9. The number of nitrogens with zero attached hydrogens (tertiary/aromatic N) is 1. The van der Waals surface area contributed by atoms with Crippen LogP contribution in [0.2, 0.25) is 0 Å². The van der Waals surface area contributed by atoms with Crippen LogP contribution >= 0.6 is 0 Å². The molecule has 5 nitrogen and oxygen atoms in total.